The lowest BCUT2D eigenvalue weighted by Gasteiger charge is -2.08. The highest BCUT2D eigenvalue weighted by Gasteiger charge is 2.11. The molecule has 1 aromatic carbocycles. The van der Waals surface area contributed by atoms with Gasteiger partial charge in [-0.05, 0) is 19.1 Å². The Hall–Kier alpha value is -2.35. The Morgan fingerprint density at radius 2 is 2.15 bits per heavy atom. The molecule has 1 heterocycles. The van der Waals surface area contributed by atoms with Crippen molar-refractivity contribution in [1.82, 2.24) is 14.9 Å². The molecule has 1 amide bonds. The molecule has 3 N–H and O–H groups in total. The third-order valence-electron chi connectivity index (χ3n) is 2.45. The van der Waals surface area contributed by atoms with Crippen LogP contribution in [-0.4, -0.2) is 32.3 Å². The summed E-state index contributed by atoms with van der Waals surface area (Å²) in [6.45, 7) is 1.45. The lowest BCUT2D eigenvalue weighted by atomic mass is 10.1. The van der Waals surface area contributed by atoms with E-state index in [0.717, 1.165) is 11.8 Å². The summed E-state index contributed by atoms with van der Waals surface area (Å²) >= 11 is 1.16. The molecule has 8 heteroatoms. The minimum atomic E-state index is -0.244. The standard InChI is InChI=1S/C12H13N5O2S/c1-8(18)9-4-2-3-5-10(9)15-11(19)6-20-12-16-14-7-17(12)13/h2-5,7H,6,13H2,1H3,(H,15,19). The Balaban J connectivity index is 1.98. The van der Waals surface area contributed by atoms with Gasteiger partial charge < -0.3 is 11.2 Å². The predicted octanol–water partition coefficient (Wildman–Crippen LogP) is 0.925. The van der Waals surface area contributed by atoms with Gasteiger partial charge in [-0.3, -0.25) is 9.59 Å². The zero-order valence-electron chi connectivity index (χ0n) is 10.7. The second-order valence-corrected chi connectivity index (χ2v) is 4.90. The van der Waals surface area contributed by atoms with E-state index in [1.807, 2.05) is 0 Å². The van der Waals surface area contributed by atoms with E-state index in [0.29, 0.717) is 16.4 Å². The molecule has 20 heavy (non-hydrogen) atoms. The number of rotatable bonds is 5. The average Bonchev–Trinajstić information content (AvgIpc) is 2.82. The summed E-state index contributed by atoms with van der Waals surface area (Å²) in [4.78, 5) is 23.3. The number of Topliss-reactive ketones (excluding diaryl/α,β-unsaturated/α-hetero) is 1. The molecular weight excluding hydrogens is 278 g/mol. The Labute approximate surface area is 119 Å². The fourth-order valence-corrected chi connectivity index (χ4v) is 2.18. The molecule has 0 saturated carbocycles. The van der Waals surface area contributed by atoms with Crippen LogP contribution in [0.1, 0.15) is 17.3 Å². The number of hydrogen-bond acceptors (Lipinski definition) is 6. The van der Waals surface area contributed by atoms with Crippen molar-refractivity contribution in [1.29, 1.82) is 0 Å². The molecule has 0 spiro atoms. The van der Waals surface area contributed by atoms with Crippen LogP contribution in [0.15, 0.2) is 35.7 Å². The molecular formula is C12H13N5O2S. The number of amides is 1. The Kier molecular flexibility index (Phi) is 4.36. The number of thioether (sulfide) groups is 1. The first-order valence-corrected chi connectivity index (χ1v) is 6.74. The van der Waals surface area contributed by atoms with Crippen LogP contribution in [0.5, 0.6) is 0 Å². The van der Waals surface area contributed by atoms with Crippen LogP contribution >= 0.6 is 11.8 Å². The number of aromatic nitrogens is 3. The van der Waals surface area contributed by atoms with Crippen LogP contribution in [0.2, 0.25) is 0 Å². The SMILES string of the molecule is CC(=O)c1ccccc1NC(=O)CSc1nncn1N. The van der Waals surface area contributed by atoms with E-state index in [-0.39, 0.29) is 17.4 Å². The molecule has 7 nitrogen and oxygen atoms in total. The zero-order valence-corrected chi connectivity index (χ0v) is 11.6. The lowest BCUT2D eigenvalue weighted by molar-refractivity contribution is -0.113. The van der Waals surface area contributed by atoms with Crippen molar-refractivity contribution < 1.29 is 9.59 Å². The zero-order chi connectivity index (χ0) is 14.5. The van der Waals surface area contributed by atoms with Crippen molar-refractivity contribution in [3.8, 4) is 0 Å². The Morgan fingerprint density at radius 3 is 2.80 bits per heavy atom. The van der Waals surface area contributed by atoms with Crippen LogP contribution < -0.4 is 11.2 Å². The van der Waals surface area contributed by atoms with E-state index in [9.17, 15) is 9.59 Å². The van der Waals surface area contributed by atoms with Gasteiger partial charge in [0.25, 0.3) is 0 Å². The van der Waals surface area contributed by atoms with Crippen molar-refractivity contribution in [2.75, 3.05) is 16.9 Å². The van der Waals surface area contributed by atoms with Gasteiger partial charge in [-0.1, -0.05) is 23.9 Å². The van der Waals surface area contributed by atoms with E-state index >= 15 is 0 Å². The molecule has 0 saturated heterocycles. The van der Waals surface area contributed by atoms with E-state index < -0.39 is 0 Å². The first kappa shape index (κ1) is 14.1. The maximum Gasteiger partial charge on any atom is 0.234 e. The van der Waals surface area contributed by atoms with Gasteiger partial charge in [0.2, 0.25) is 11.1 Å². The van der Waals surface area contributed by atoms with E-state index in [4.69, 9.17) is 5.84 Å². The van der Waals surface area contributed by atoms with Crippen molar-refractivity contribution in [2.24, 2.45) is 0 Å². The van der Waals surface area contributed by atoms with Gasteiger partial charge in [-0.25, -0.2) is 4.68 Å². The third-order valence-corrected chi connectivity index (χ3v) is 3.41. The van der Waals surface area contributed by atoms with Crippen LogP contribution in [-0.2, 0) is 4.79 Å². The molecule has 0 bridgehead atoms. The van der Waals surface area contributed by atoms with Gasteiger partial charge in [0.05, 0.1) is 11.4 Å². The van der Waals surface area contributed by atoms with Crippen LogP contribution in [0, 0.1) is 0 Å². The highest BCUT2D eigenvalue weighted by molar-refractivity contribution is 7.99. The summed E-state index contributed by atoms with van der Waals surface area (Å²) < 4.78 is 1.24. The number of ketones is 1. The highest BCUT2D eigenvalue weighted by Crippen LogP contribution is 2.17. The van der Waals surface area contributed by atoms with E-state index in [1.54, 1.807) is 24.3 Å². The number of carbonyl (C=O) groups is 2. The maximum absolute atomic E-state index is 11.9. The van der Waals surface area contributed by atoms with Gasteiger partial charge in [-0.2, -0.15) is 0 Å². The number of nitrogens with zero attached hydrogens (tertiary/aromatic N) is 3. The number of nitrogens with one attached hydrogen (secondary N) is 1. The first-order chi connectivity index (χ1) is 9.58. The van der Waals surface area contributed by atoms with Gasteiger partial charge in [0, 0.05) is 5.56 Å². The molecule has 2 rings (SSSR count). The largest absolute Gasteiger partial charge is 0.336 e. The van der Waals surface area contributed by atoms with E-state index in [1.165, 1.54) is 17.9 Å². The normalized spacial score (nSPS) is 10.2. The molecule has 0 atom stereocenters. The number of para-hydroxylation sites is 1. The molecule has 0 aliphatic heterocycles. The maximum atomic E-state index is 11.9. The highest BCUT2D eigenvalue weighted by atomic mass is 32.2. The lowest BCUT2D eigenvalue weighted by Crippen LogP contribution is -2.17. The Bertz CT molecular complexity index is 640. The second kappa shape index (κ2) is 6.20. The smallest absolute Gasteiger partial charge is 0.234 e. The van der Waals surface area contributed by atoms with Gasteiger partial charge in [0.15, 0.2) is 5.78 Å². The van der Waals surface area contributed by atoms with Crippen molar-refractivity contribution in [3.63, 3.8) is 0 Å². The fraction of sp³-hybridized carbons (Fsp3) is 0.167. The molecule has 0 radical (unpaired) electrons. The topological polar surface area (TPSA) is 103 Å². The number of carbonyl (C=O) groups excluding carboxylic acids is 2. The molecule has 0 unspecified atom stereocenters. The van der Waals surface area contributed by atoms with Gasteiger partial charge in [0.1, 0.15) is 6.33 Å². The average molecular weight is 291 g/mol. The van der Waals surface area contributed by atoms with Crippen molar-refractivity contribution in [2.45, 2.75) is 12.1 Å². The minimum Gasteiger partial charge on any atom is -0.336 e. The molecule has 1 aromatic heterocycles. The quantitative estimate of drug-likeness (QED) is 0.482. The number of nitrogen functional groups attached to an aromatic ring is 1. The van der Waals surface area contributed by atoms with Gasteiger partial charge in [-0.15, -0.1) is 10.2 Å². The summed E-state index contributed by atoms with van der Waals surface area (Å²) in [6, 6.07) is 6.86. The number of benzene rings is 1. The molecule has 0 fully saturated rings. The third kappa shape index (κ3) is 3.35. The number of nitrogens with two attached hydrogens (primary N) is 1. The number of hydrogen-bond donors (Lipinski definition) is 2. The minimum absolute atomic E-state index is 0.102. The summed E-state index contributed by atoms with van der Waals surface area (Å²) in [6.07, 6.45) is 1.35. The molecule has 0 aliphatic carbocycles. The van der Waals surface area contributed by atoms with Crippen molar-refractivity contribution in [3.05, 3.63) is 36.2 Å². The first-order valence-electron chi connectivity index (χ1n) is 5.75. The van der Waals surface area contributed by atoms with Crippen LogP contribution in [0.3, 0.4) is 0 Å². The molecule has 0 aliphatic rings. The van der Waals surface area contributed by atoms with Gasteiger partial charge >= 0.3 is 0 Å². The summed E-state index contributed by atoms with van der Waals surface area (Å²) in [5.74, 6) is 5.32. The second-order valence-electron chi connectivity index (χ2n) is 3.96. The predicted molar refractivity (Wildman–Crippen MR) is 76.0 cm³/mol. The van der Waals surface area contributed by atoms with Crippen LogP contribution in [0.25, 0.3) is 0 Å². The van der Waals surface area contributed by atoms with Crippen molar-refractivity contribution >= 4 is 29.1 Å². The Morgan fingerprint density at radius 1 is 1.40 bits per heavy atom. The van der Waals surface area contributed by atoms with E-state index in [2.05, 4.69) is 15.5 Å². The molecule has 2 aromatic rings. The fourth-order valence-electron chi connectivity index (χ4n) is 1.55. The summed E-state index contributed by atoms with van der Waals surface area (Å²) in [7, 11) is 0. The monoisotopic (exact) mass is 291 g/mol. The summed E-state index contributed by atoms with van der Waals surface area (Å²) in [5, 5.41) is 10.5. The molecule has 104 valence electrons. The summed E-state index contributed by atoms with van der Waals surface area (Å²) in [5.41, 5.74) is 0.979. The number of anilines is 1. The van der Waals surface area contributed by atoms with Crippen LogP contribution in [0.4, 0.5) is 5.69 Å².